The quantitative estimate of drug-likeness (QED) is 0.246. The third kappa shape index (κ3) is 14.2. The number of carbonyl (C=O) groups excluding carboxylic acids is 1. The van der Waals surface area contributed by atoms with E-state index in [0.717, 1.165) is 25.7 Å². The highest BCUT2D eigenvalue weighted by atomic mass is 28.2. The lowest BCUT2D eigenvalue weighted by molar-refractivity contribution is 0.0980. The van der Waals surface area contributed by atoms with Crippen molar-refractivity contribution in [3.63, 3.8) is 0 Å². The molecule has 0 aliphatic rings. The zero-order valence-electron chi connectivity index (χ0n) is 14.5. The van der Waals surface area contributed by atoms with Gasteiger partial charge in [-0.1, -0.05) is 85.0 Å². The molecule has 0 unspecified atom stereocenters. The molecule has 0 bridgehead atoms. The van der Waals surface area contributed by atoms with Gasteiger partial charge in [0.15, 0.2) is 0 Å². The van der Waals surface area contributed by atoms with Crippen LogP contribution in [0.2, 0.25) is 5.54 Å². The van der Waals surface area contributed by atoms with Gasteiger partial charge in [-0.3, -0.25) is 0 Å². The molecule has 0 aliphatic carbocycles. The Bertz CT molecular complexity index is 230. The van der Waals surface area contributed by atoms with Crippen LogP contribution in [-0.2, 0) is 9.16 Å². The monoisotopic (exact) mass is 316 g/mol. The van der Waals surface area contributed by atoms with Crippen LogP contribution in [0.25, 0.3) is 0 Å². The van der Waals surface area contributed by atoms with Gasteiger partial charge in [-0.25, -0.2) is 4.79 Å². The molecule has 0 atom stereocenters. The van der Waals surface area contributed by atoms with Gasteiger partial charge in [0.25, 0.3) is 0 Å². The van der Waals surface area contributed by atoms with Crippen LogP contribution >= 0.6 is 0 Å². The van der Waals surface area contributed by atoms with E-state index in [4.69, 9.17) is 9.16 Å². The Morgan fingerprint density at radius 2 is 1.38 bits per heavy atom. The zero-order valence-corrected chi connectivity index (χ0v) is 15.9. The van der Waals surface area contributed by atoms with Crippen molar-refractivity contribution in [2.24, 2.45) is 0 Å². The van der Waals surface area contributed by atoms with E-state index in [0.29, 0.717) is 12.1 Å². The second-order valence-corrected chi connectivity index (χ2v) is 7.70. The van der Waals surface area contributed by atoms with E-state index in [2.05, 4.69) is 20.8 Å². The average molecular weight is 317 g/mol. The second-order valence-electron chi connectivity index (χ2n) is 5.92. The van der Waals surface area contributed by atoms with Crippen LogP contribution in [0, 0.1) is 0 Å². The van der Waals surface area contributed by atoms with Crippen LogP contribution in [0.4, 0.5) is 4.79 Å². The number of carbonyl (C=O) groups is 1. The molecule has 21 heavy (non-hydrogen) atoms. The van der Waals surface area contributed by atoms with Crippen molar-refractivity contribution in [2.45, 2.75) is 96.9 Å². The average Bonchev–Trinajstić information content (AvgIpc) is 2.50. The Balaban J connectivity index is 3.25. The SMILES string of the molecule is CCCCCCCCCCCOC(=O)O[SiH2]C(CC)CC. The fourth-order valence-electron chi connectivity index (χ4n) is 2.32. The van der Waals surface area contributed by atoms with Crippen molar-refractivity contribution in [1.29, 1.82) is 0 Å². The molecular weight excluding hydrogens is 280 g/mol. The normalized spacial score (nSPS) is 11.4. The lowest BCUT2D eigenvalue weighted by atomic mass is 10.1. The Kier molecular flexibility index (Phi) is 15.5. The van der Waals surface area contributed by atoms with E-state index in [1.165, 1.54) is 44.9 Å². The van der Waals surface area contributed by atoms with E-state index >= 15 is 0 Å². The van der Waals surface area contributed by atoms with Gasteiger partial charge in [-0.05, 0) is 12.0 Å². The molecule has 0 aromatic heterocycles. The number of unbranched alkanes of at least 4 members (excludes halogenated alkanes) is 8. The van der Waals surface area contributed by atoms with Crippen molar-refractivity contribution >= 4 is 15.9 Å². The largest absolute Gasteiger partial charge is 0.494 e. The third-order valence-electron chi connectivity index (χ3n) is 4.06. The Morgan fingerprint density at radius 1 is 0.857 bits per heavy atom. The van der Waals surface area contributed by atoms with E-state index < -0.39 is 15.9 Å². The molecule has 0 rings (SSSR count). The maximum Gasteiger partial charge on any atom is 0.493 e. The van der Waals surface area contributed by atoms with Gasteiger partial charge in [0, 0.05) is 0 Å². The van der Waals surface area contributed by atoms with E-state index in [1.54, 1.807) is 0 Å². The molecule has 0 aliphatic heterocycles. The van der Waals surface area contributed by atoms with Crippen molar-refractivity contribution in [3.05, 3.63) is 0 Å². The van der Waals surface area contributed by atoms with E-state index in [-0.39, 0.29) is 0 Å². The van der Waals surface area contributed by atoms with Crippen LogP contribution in [-0.4, -0.2) is 22.5 Å². The van der Waals surface area contributed by atoms with E-state index in [9.17, 15) is 4.79 Å². The number of ether oxygens (including phenoxy) is 1. The van der Waals surface area contributed by atoms with Gasteiger partial charge >= 0.3 is 6.16 Å². The van der Waals surface area contributed by atoms with Crippen LogP contribution in [0.5, 0.6) is 0 Å². The van der Waals surface area contributed by atoms with Crippen molar-refractivity contribution in [3.8, 4) is 0 Å². The maximum absolute atomic E-state index is 11.4. The minimum absolute atomic E-state index is 0.437. The van der Waals surface area contributed by atoms with Gasteiger partial charge in [0.2, 0.25) is 9.76 Å². The first-order valence-corrected chi connectivity index (χ1v) is 10.4. The second kappa shape index (κ2) is 15.9. The molecule has 0 aromatic carbocycles. The minimum atomic E-state index is -0.755. The lowest BCUT2D eigenvalue weighted by Gasteiger charge is -2.11. The van der Waals surface area contributed by atoms with Gasteiger partial charge in [0.1, 0.15) is 0 Å². The fraction of sp³-hybridized carbons (Fsp3) is 0.941. The molecule has 126 valence electrons. The van der Waals surface area contributed by atoms with Gasteiger partial charge in [0.05, 0.1) is 6.61 Å². The Labute approximate surface area is 134 Å². The zero-order chi connectivity index (χ0) is 15.8. The summed E-state index contributed by atoms with van der Waals surface area (Å²) < 4.78 is 10.4. The Hall–Kier alpha value is -0.513. The molecule has 0 spiro atoms. The summed E-state index contributed by atoms with van der Waals surface area (Å²) in [6, 6.07) is 0. The predicted octanol–water partition coefficient (Wildman–Crippen LogP) is 5.36. The lowest BCUT2D eigenvalue weighted by Crippen LogP contribution is -2.15. The van der Waals surface area contributed by atoms with Crippen LogP contribution < -0.4 is 0 Å². The van der Waals surface area contributed by atoms with Gasteiger partial charge in [-0.15, -0.1) is 0 Å². The molecule has 0 radical (unpaired) electrons. The van der Waals surface area contributed by atoms with Crippen LogP contribution in [0.15, 0.2) is 0 Å². The van der Waals surface area contributed by atoms with E-state index in [1.807, 2.05) is 0 Å². The fourth-order valence-corrected chi connectivity index (χ4v) is 3.25. The summed E-state index contributed by atoms with van der Waals surface area (Å²) >= 11 is 0. The first kappa shape index (κ1) is 20.5. The highest BCUT2D eigenvalue weighted by Gasteiger charge is 2.09. The summed E-state index contributed by atoms with van der Waals surface area (Å²) in [5.41, 5.74) is 0.602. The summed E-state index contributed by atoms with van der Waals surface area (Å²) in [7, 11) is -0.755. The molecule has 4 heteroatoms. The summed E-state index contributed by atoms with van der Waals surface area (Å²) in [5.74, 6) is 0. The summed E-state index contributed by atoms with van der Waals surface area (Å²) in [5, 5.41) is 0. The van der Waals surface area contributed by atoms with Crippen molar-refractivity contribution < 1.29 is 14.0 Å². The Morgan fingerprint density at radius 3 is 1.90 bits per heavy atom. The molecule has 0 N–H and O–H groups in total. The smallest absolute Gasteiger partial charge is 0.493 e. The summed E-state index contributed by atoms with van der Waals surface area (Å²) in [6.45, 7) is 7.07. The molecular formula is C17H36O3Si. The number of hydrogen-bond acceptors (Lipinski definition) is 3. The molecule has 0 fully saturated rings. The third-order valence-corrected chi connectivity index (χ3v) is 6.09. The summed E-state index contributed by atoms with van der Waals surface area (Å²) in [6.07, 6.45) is 13.3. The highest BCUT2D eigenvalue weighted by Crippen LogP contribution is 2.13. The molecule has 0 aromatic rings. The van der Waals surface area contributed by atoms with Crippen molar-refractivity contribution in [2.75, 3.05) is 6.61 Å². The topological polar surface area (TPSA) is 35.5 Å². The standard InChI is InChI=1S/C17H36O3Si/c1-4-7-8-9-10-11-12-13-14-15-19-17(18)20-21-16(5-2)6-3/h16H,4-15,21H2,1-3H3. The van der Waals surface area contributed by atoms with Crippen molar-refractivity contribution in [1.82, 2.24) is 0 Å². The first-order valence-electron chi connectivity index (χ1n) is 9.04. The highest BCUT2D eigenvalue weighted by molar-refractivity contribution is 6.32. The van der Waals surface area contributed by atoms with Gasteiger partial charge < -0.3 is 9.16 Å². The van der Waals surface area contributed by atoms with Crippen LogP contribution in [0.3, 0.4) is 0 Å². The minimum Gasteiger partial charge on any atom is -0.494 e. The molecule has 3 nitrogen and oxygen atoms in total. The number of rotatable bonds is 14. The molecule has 0 amide bonds. The summed E-state index contributed by atoms with van der Waals surface area (Å²) in [4.78, 5) is 11.4. The number of hydrogen-bond donors (Lipinski definition) is 0. The van der Waals surface area contributed by atoms with Crippen LogP contribution in [0.1, 0.15) is 91.4 Å². The predicted molar refractivity (Wildman–Crippen MR) is 92.5 cm³/mol. The molecule has 0 saturated carbocycles. The molecule has 0 saturated heterocycles. The first-order chi connectivity index (χ1) is 10.2. The van der Waals surface area contributed by atoms with Gasteiger partial charge in [-0.2, -0.15) is 0 Å². The maximum atomic E-state index is 11.4. The molecule has 0 heterocycles.